The molecule has 2 nitrogen and oxygen atoms in total. The van der Waals surface area contributed by atoms with E-state index in [-0.39, 0.29) is 0 Å². The Morgan fingerprint density at radius 3 is 2.79 bits per heavy atom. The van der Waals surface area contributed by atoms with Crippen molar-refractivity contribution in [3.8, 4) is 0 Å². The number of nitrogens with zero attached hydrogens (tertiary/aromatic N) is 1. The number of hydrogen-bond acceptors (Lipinski definition) is 2. The van der Waals surface area contributed by atoms with Gasteiger partial charge in [0.15, 0.2) is 0 Å². The molecule has 1 heterocycles. The first-order valence-corrected chi connectivity index (χ1v) is 4.90. The van der Waals surface area contributed by atoms with E-state index in [1.807, 2.05) is 12.1 Å². The summed E-state index contributed by atoms with van der Waals surface area (Å²) in [4.78, 5) is 4.22. The third-order valence-corrected chi connectivity index (χ3v) is 2.83. The van der Waals surface area contributed by atoms with Gasteiger partial charge in [0.1, 0.15) is 0 Å². The molecule has 0 spiro atoms. The molecule has 1 aromatic carbocycles. The molecule has 0 aliphatic heterocycles. The van der Waals surface area contributed by atoms with E-state index in [2.05, 4.69) is 4.98 Å². The first-order chi connectivity index (χ1) is 6.72. The molecule has 0 saturated carbocycles. The van der Waals surface area contributed by atoms with Crippen LogP contribution in [-0.4, -0.2) is 4.98 Å². The van der Waals surface area contributed by atoms with Crippen molar-refractivity contribution in [2.75, 3.05) is 0 Å². The first kappa shape index (κ1) is 9.71. The molecule has 0 unspecified atom stereocenters. The first-order valence-electron chi connectivity index (χ1n) is 4.15. The molecule has 0 saturated heterocycles. The highest BCUT2D eigenvalue weighted by atomic mass is 35.5. The molecule has 4 heteroatoms. The van der Waals surface area contributed by atoms with Gasteiger partial charge in [0, 0.05) is 18.1 Å². The van der Waals surface area contributed by atoms with Gasteiger partial charge in [0.2, 0.25) is 0 Å². The van der Waals surface area contributed by atoms with Crippen molar-refractivity contribution >= 4 is 34.1 Å². The number of nitrogens with two attached hydrogens (primary N) is 1. The van der Waals surface area contributed by atoms with E-state index >= 15 is 0 Å². The van der Waals surface area contributed by atoms with Gasteiger partial charge in [-0.3, -0.25) is 4.98 Å². The van der Waals surface area contributed by atoms with Gasteiger partial charge >= 0.3 is 0 Å². The SMILES string of the molecule is NCc1cnc2c(Cl)c(Cl)ccc2c1. The molecule has 0 aliphatic rings. The summed E-state index contributed by atoms with van der Waals surface area (Å²) in [6.45, 7) is 0.475. The number of fused-ring (bicyclic) bond motifs is 1. The summed E-state index contributed by atoms with van der Waals surface area (Å²) in [6.07, 6.45) is 1.71. The zero-order chi connectivity index (χ0) is 10.1. The largest absolute Gasteiger partial charge is 0.326 e. The highest BCUT2D eigenvalue weighted by molar-refractivity contribution is 6.44. The molecule has 0 aliphatic carbocycles. The van der Waals surface area contributed by atoms with Crippen LogP contribution < -0.4 is 5.73 Å². The van der Waals surface area contributed by atoms with Crippen molar-refractivity contribution in [3.05, 3.63) is 40.0 Å². The predicted octanol–water partition coefficient (Wildman–Crippen LogP) is 3.00. The van der Waals surface area contributed by atoms with Crippen LogP contribution in [0, 0.1) is 0 Å². The average molecular weight is 227 g/mol. The van der Waals surface area contributed by atoms with Gasteiger partial charge in [0.05, 0.1) is 15.6 Å². The molecule has 0 atom stereocenters. The minimum atomic E-state index is 0.475. The minimum Gasteiger partial charge on any atom is -0.326 e. The second-order valence-corrected chi connectivity index (χ2v) is 3.77. The smallest absolute Gasteiger partial charge is 0.0903 e. The Hall–Kier alpha value is -0.830. The van der Waals surface area contributed by atoms with Gasteiger partial charge < -0.3 is 5.73 Å². The van der Waals surface area contributed by atoms with Crippen LogP contribution in [0.15, 0.2) is 24.4 Å². The van der Waals surface area contributed by atoms with Crippen LogP contribution in [0.2, 0.25) is 10.0 Å². The molecule has 0 fully saturated rings. The fourth-order valence-corrected chi connectivity index (χ4v) is 1.67. The van der Waals surface area contributed by atoms with E-state index in [4.69, 9.17) is 28.9 Å². The number of hydrogen-bond donors (Lipinski definition) is 1. The Bertz CT molecular complexity index is 483. The van der Waals surface area contributed by atoms with Crippen LogP contribution >= 0.6 is 23.2 Å². The summed E-state index contributed by atoms with van der Waals surface area (Å²) in [5.41, 5.74) is 7.21. The lowest BCUT2D eigenvalue weighted by atomic mass is 10.1. The summed E-state index contributed by atoms with van der Waals surface area (Å²) in [5, 5.41) is 1.97. The van der Waals surface area contributed by atoms with Gasteiger partial charge in [-0.05, 0) is 17.7 Å². The van der Waals surface area contributed by atoms with E-state index in [0.717, 1.165) is 16.5 Å². The molecule has 72 valence electrons. The topological polar surface area (TPSA) is 38.9 Å². The van der Waals surface area contributed by atoms with E-state index in [1.165, 1.54) is 0 Å². The summed E-state index contributed by atoms with van der Waals surface area (Å²) >= 11 is 11.9. The third-order valence-electron chi connectivity index (χ3n) is 2.04. The average Bonchev–Trinajstić information content (AvgIpc) is 2.23. The van der Waals surface area contributed by atoms with Gasteiger partial charge in [-0.15, -0.1) is 0 Å². The highest BCUT2D eigenvalue weighted by Gasteiger charge is 2.04. The molecule has 14 heavy (non-hydrogen) atoms. The number of benzene rings is 1. The lowest BCUT2D eigenvalue weighted by molar-refractivity contribution is 1.06. The van der Waals surface area contributed by atoms with E-state index in [0.29, 0.717) is 16.6 Å². The maximum absolute atomic E-state index is 6.00. The minimum absolute atomic E-state index is 0.475. The van der Waals surface area contributed by atoms with Gasteiger partial charge in [-0.2, -0.15) is 0 Å². The Morgan fingerprint density at radius 1 is 1.29 bits per heavy atom. The van der Waals surface area contributed by atoms with Crippen LogP contribution in [-0.2, 0) is 6.54 Å². The molecule has 0 amide bonds. The molecule has 1 aromatic heterocycles. The number of pyridine rings is 1. The number of halogens is 2. The summed E-state index contributed by atoms with van der Waals surface area (Å²) in [7, 11) is 0. The van der Waals surface area contributed by atoms with E-state index in [1.54, 1.807) is 12.3 Å². The molecule has 0 radical (unpaired) electrons. The lowest BCUT2D eigenvalue weighted by Crippen LogP contribution is -1.96. The molecule has 0 bridgehead atoms. The Kier molecular flexibility index (Phi) is 2.59. The van der Waals surface area contributed by atoms with Gasteiger partial charge in [0.25, 0.3) is 0 Å². The van der Waals surface area contributed by atoms with Gasteiger partial charge in [-0.1, -0.05) is 29.3 Å². The Balaban J connectivity index is 2.74. The second-order valence-electron chi connectivity index (χ2n) is 2.98. The van der Waals surface area contributed by atoms with Crippen LogP contribution in [0.5, 0.6) is 0 Å². The number of aromatic nitrogens is 1. The monoisotopic (exact) mass is 226 g/mol. The normalized spacial score (nSPS) is 10.8. The predicted molar refractivity (Wildman–Crippen MR) is 59.7 cm³/mol. The van der Waals surface area contributed by atoms with Crippen LogP contribution in [0.3, 0.4) is 0 Å². The van der Waals surface area contributed by atoms with E-state index < -0.39 is 0 Å². The van der Waals surface area contributed by atoms with Crippen molar-refractivity contribution in [1.82, 2.24) is 4.98 Å². The van der Waals surface area contributed by atoms with Crippen LogP contribution in [0.25, 0.3) is 10.9 Å². The Morgan fingerprint density at radius 2 is 2.07 bits per heavy atom. The maximum atomic E-state index is 6.00. The van der Waals surface area contributed by atoms with Crippen LogP contribution in [0.4, 0.5) is 0 Å². The zero-order valence-electron chi connectivity index (χ0n) is 7.30. The third kappa shape index (κ3) is 1.57. The summed E-state index contributed by atoms with van der Waals surface area (Å²) in [6, 6.07) is 5.61. The van der Waals surface area contributed by atoms with Gasteiger partial charge in [-0.25, -0.2) is 0 Å². The summed E-state index contributed by atoms with van der Waals surface area (Å²) in [5.74, 6) is 0. The van der Waals surface area contributed by atoms with E-state index in [9.17, 15) is 0 Å². The molecular formula is C10H8Cl2N2. The Labute approximate surface area is 91.6 Å². The second kappa shape index (κ2) is 3.73. The quantitative estimate of drug-likeness (QED) is 0.813. The van der Waals surface area contributed by atoms with Crippen molar-refractivity contribution in [2.45, 2.75) is 6.54 Å². The number of rotatable bonds is 1. The molecule has 2 aromatic rings. The summed E-state index contributed by atoms with van der Waals surface area (Å²) < 4.78 is 0. The fourth-order valence-electron chi connectivity index (χ4n) is 1.30. The van der Waals surface area contributed by atoms with Crippen molar-refractivity contribution < 1.29 is 0 Å². The van der Waals surface area contributed by atoms with Crippen molar-refractivity contribution in [1.29, 1.82) is 0 Å². The lowest BCUT2D eigenvalue weighted by Gasteiger charge is -2.03. The molecular weight excluding hydrogens is 219 g/mol. The van der Waals surface area contributed by atoms with Crippen LogP contribution in [0.1, 0.15) is 5.56 Å². The van der Waals surface area contributed by atoms with Crippen molar-refractivity contribution in [2.24, 2.45) is 5.73 Å². The molecule has 2 N–H and O–H groups in total. The molecule has 2 rings (SSSR count). The maximum Gasteiger partial charge on any atom is 0.0903 e. The fraction of sp³-hybridized carbons (Fsp3) is 0.100. The zero-order valence-corrected chi connectivity index (χ0v) is 8.81. The standard InChI is InChI=1S/C10H8Cl2N2/c11-8-2-1-7-3-6(4-13)5-14-10(7)9(8)12/h1-3,5H,4,13H2. The highest BCUT2D eigenvalue weighted by Crippen LogP contribution is 2.29. The van der Waals surface area contributed by atoms with Crippen molar-refractivity contribution in [3.63, 3.8) is 0 Å².